The third-order valence-corrected chi connectivity index (χ3v) is 9.18. The van der Waals surface area contributed by atoms with Gasteiger partial charge >= 0.3 is 0 Å². The number of sulfonamides is 1. The van der Waals surface area contributed by atoms with Crippen LogP contribution in [0.5, 0.6) is 5.75 Å². The first-order valence-electron chi connectivity index (χ1n) is 13.9. The highest BCUT2D eigenvalue weighted by atomic mass is 35.5. The third-order valence-electron chi connectivity index (χ3n) is 7.48. The summed E-state index contributed by atoms with van der Waals surface area (Å²) in [5.74, 6) is -0.0318. The molecule has 2 aliphatic heterocycles. The lowest BCUT2D eigenvalue weighted by Crippen LogP contribution is -2.45. The second-order valence-electron chi connectivity index (χ2n) is 10.7. The Balaban J connectivity index is 1.17. The summed E-state index contributed by atoms with van der Waals surface area (Å²) >= 11 is 5.89. The molecular weight excluding hydrogens is 610 g/mol. The number of nitrogens with zero attached hydrogens (tertiary/aromatic N) is 5. The number of carbonyl (C=O) groups excluding carboxylic acids is 2. The van der Waals surface area contributed by atoms with Crippen molar-refractivity contribution in [2.75, 3.05) is 31.1 Å². The lowest BCUT2D eigenvalue weighted by molar-refractivity contribution is 0.0672. The highest BCUT2D eigenvalue weighted by molar-refractivity contribution is 7.89. The fourth-order valence-corrected chi connectivity index (χ4v) is 6.39. The number of halogens is 1. The Hall–Kier alpha value is -4.34. The number of aliphatic imine (C=N–C) groups is 1. The number of hydrogen-bond donors (Lipinski definition) is 4. The van der Waals surface area contributed by atoms with Gasteiger partial charge in [0.2, 0.25) is 10.0 Å². The number of ether oxygens (including phenoxy) is 1. The van der Waals surface area contributed by atoms with Gasteiger partial charge in [-0.25, -0.2) is 23.1 Å². The summed E-state index contributed by atoms with van der Waals surface area (Å²) in [5, 5.41) is 2.62. The number of amides is 2. The Kier molecular flexibility index (Phi) is 8.99. The smallest absolute Gasteiger partial charge is 0.279 e. The van der Waals surface area contributed by atoms with E-state index in [0.717, 1.165) is 0 Å². The zero-order valence-corrected chi connectivity index (χ0v) is 25.4. The number of aromatic nitrogens is 3. The first-order valence-corrected chi connectivity index (χ1v) is 15.7. The molecule has 0 saturated carbocycles. The molecule has 1 atom stereocenters. The SMILES string of the molecule is CC(CNS(=O)(=O)c1cccc(C(=O)N2CCC3(CCC(NC(=O)c4nc(Cl)c(N)nc4N)=N3)CC2)c1)Oc1cccnc1. The summed E-state index contributed by atoms with van der Waals surface area (Å²) in [6.07, 6.45) is 5.13. The Morgan fingerprint density at radius 3 is 2.61 bits per heavy atom. The number of anilines is 2. The molecular formula is C28H32ClN9O5S. The number of pyridine rings is 1. The minimum absolute atomic E-state index is 0.0149. The van der Waals surface area contributed by atoms with E-state index in [-0.39, 0.29) is 45.4 Å². The van der Waals surface area contributed by atoms with Crippen molar-refractivity contribution in [1.82, 2.24) is 29.9 Å². The second-order valence-corrected chi connectivity index (χ2v) is 12.8. The summed E-state index contributed by atoms with van der Waals surface area (Å²) in [5.41, 5.74) is 11.1. The largest absolute Gasteiger partial charge is 0.488 e. The van der Waals surface area contributed by atoms with Gasteiger partial charge in [-0.1, -0.05) is 17.7 Å². The maximum Gasteiger partial charge on any atom is 0.279 e. The molecule has 2 aromatic heterocycles. The van der Waals surface area contributed by atoms with Gasteiger partial charge in [0, 0.05) is 37.8 Å². The van der Waals surface area contributed by atoms with Gasteiger partial charge in [-0.2, -0.15) is 0 Å². The monoisotopic (exact) mass is 641 g/mol. The number of carbonyl (C=O) groups is 2. The van der Waals surface area contributed by atoms with Crippen LogP contribution < -0.4 is 26.2 Å². The molecule has 4 heterocycles. The van der Waals surface area contributed by atoms with Crippen molar-refractivity contribution >= 4 is 50.9 Å². The number of nitrogens with one attached hydrogen (secondary N) is 2. The van der Waals surface area contributed by atoms with Crippen LogP contribution in [0.4, 0.5) is 11.6 Å². The number of hydrogen-bond acceptors (Lipinski definition) is 11. The quantitative estimate of drug-likeness (QED) is 0.281. The topological polar surface area (TPSA) is 208 Å². The van der Waals surface area contributed by atoms with E-state index in [1.165, 1.54) is 12.1 Å². The Labute approximate surface area is 259 Å². The molecule has 16 heteroatoms. The number of amidine groups is 1. The fraction of sp³-hybridized carbons (Fsp3) is 0.357. The van der Waals surface area contributed by atoms with E-state index in [9.17, 15) is 18.0 Å². The first kappa shape index (κ1) is 31.1. The zero-order chi connectivity index (χ0) is 31.5. The number of piperidine rings is 1. The molecule has 1 unspecified atom stereocenters. The van der Waals surface area contributed by atoms with Gasteiger partial charge in [0.1, 0.15) is 17.7 Å². The van der Waals surface area contributed by atoms with E-state index in [1.54, 1.807) is 48.5 Å². The summed E-state index contributed by atoms with van der Waals surface area (Å²) < 4.78 is 34.2. The van der Waals surface area contributed by atoms with E-state index in [4.69, 9.17) is 32.8 Å². The summed E-state index contributed by atoms with van der Waals surface area (Å²) in [7, 11) is -3.89. The minimum Gasteiger partial charge on any atom is -0.488 e. The number of nitrogens with two attached hydrogens (primary N) is 2. The summed E-state index contributed by atoms with van der Waals surface area (Å²) in [4.78, 5) is 44.3. The van der Waals surface area contributed by atoms with Crippen molar-refractivity contribution in [2.45, 2.75) is 49.1 Å². The predicted octanol–water partition coefficient (Wildman–Crippen LogP) is 2.03. The van der Waals surface area contributed by atoms with Gasteiger partial charge in [-0.15, -0.1) is 0 Å². The molecule has 2 amide bonds. The van der Waals surface area contributed by atoms with Crippen molar-refractivity contribution in [1.29, 1.82) is 0 Å². The highest BCUT2D eigenvalue weighted by Crippen LogP contribution is 2.36. The van der Waals surface area contributed by atoms with Gasteiger partial charge in [-0.05, 0) is 56.5 Å². The fourth-order valence-electron chi connectivity index (χ4n) is 5.11. The molecule has 44 heavy (non-hydrogen) atoms. The number of rotatable bonds is 8. The summed E-state index contributed by atoms with van der Waals surface area (Å²) in [6.45, 7) is 2.62. The second kappa shape index (κ2) is 12.7. The molecule has 5 rings (SSSR count). The van der Waals surface area contributed by atoms with Gasteiger partial charge in [-0.3, -0.25) is 19.6 Å². The average molecular weight is 642 g/mol. The molecule has 232 valence electrons. The Morgan fingerprint density at radius 1 is 1.11 bits per heavy atom. The Morgan fingerprint density at radius 2 is 1.89 bits per heavy atom. The molecule has 1 aromatic carbocycles. The molecule has 0 aliphatic carbocycles. The van der Waals surface area contributed by atoms with Crippen molar-refractivity contribution in [3.8, 4) is 5.75 Å². The maximum absolute atomic E-state index is 13.3. The van der Waals surface area contributed by atoms with Crippen LogP contribution in [0, 0.1) is 0 Å². The molecule has 14 nitrogen and oxygen atoms in total. The van der Waals surface area contributed by atoms with Crippen molar-refractivity contribution in [3.63, 3.8) is 0 Å². The lowest BCUT2D eigenvalue weighted by atomic mass is 9.86. The predicted molar refractivity (Wildman–Crippen MR) is 164 cm³/mol. The van der Waals surface area contributed by atoms with Gasteiger partial charge in [0.25, 0.3) is 11.8 Å². The molecule has 1 saturated heterocycles. The lowest BCUT2D eigenvalue weighted by Gasteiger charge is -2.37. The van der Waals surface area contributed by atoms with Crippen molar-refractivity contribution < 1.29 is 22.7 Å². The molecule has 6 N–H and O–H groups in total. The van der Waals surface area contributed by atoms with Gasteiger partial charge in [0.05, 0.1) is 16.6 Å². The molecule has 1 spiro atoms. The van der Waals surface area contributed by atoms with Crippen LogP contribution in [0.1, 0.15) is 53.5 Å². The standard InChI is InChI=1S/C28H32ClN9O5S/c1-17(43-19-5-3-11-32-16-19)15-33-44(41,42)20-6-2-4-18(14-20)27(40)38-12-9-28(10-13-38)8-7-21(37-28)34-26(39)22-24(30)36-25(31)23(29)35-22/h2-6,11,14,16-17,33H,7-10,12-13,15H2,1H3,(H4,30,31,36)(H,34,37,39). The van der Waals surface area contributed by atoms with Crippen LogP contribution >= 0.6 is 11.6 Å². The zero-order valence-electron chi connectivity index (χ0n) is 23.9. The average Bonchev–Trinajstić information content (AvgIpc) is 3.39. The van der Waals surface area contributed by atoms with Crippen LogP contribution in [-0.2, 0) is 10.0 Å². The number of benzene rings is 1. The molecule has 0 radical (unpaired) electrons. The molecule has 2 aliphatic rings. The van der Waals surface area contributed by atoms with Crippen LogP contribution in [0.25, 0.3) is 0 Å². The first-order chi connectivity index (χ1) is 20.9. The molecule has 3 aromatic rings. The van der Waals surface area contributed by atoms with E-state index < -0.39 is 27.6 Å². The van der Waals surface area contributed by atoms with Crippen molar-refractivity contribution in [2.24, 2.45) is 4.99 Å². The maximum atomic E-state index is 13.3. The third kappa shape index (κ3) is 7.06. The Bertz CT molecular complexity index is 1700. The van der Waals surface area contributed by atoms with Gasteiger partial charge < -0.3 is 26.4 Å². The van der Waals surface area contributed by atoms with E-state index in [0.29, 0.717) is 50.4 Å². The van der Waals surface area contributed by atoms with Crippen LogP contribution in [-0.4, -0.2) is 77.2 Å². The van der Waals surface area contributed by atoms with Crippen molar-refractivity contribution in [3.05, 3.63) is 65.2 Å². The highest BCUT2D eigenvalue weighted by Gasteiger charge is 2.40. The van der Waals surface area contributed by atoms with E-state index in [2.05, 4.69) is 25.0 Å². The van der Waals surface area contributed by atoms with E-state index >= 15 is 0 Å². The van der Waals surface area contributed by atoms with Crippen LogP contribution in [0.2, 0.25) is 5.15 Å². The number of likely N-dealkylation sites (tertiary alicyclic amines) is 1. The molecule has 1 fully saturated rings. The van der Waals surface area contributed by atoms with Crippen LogP contribution in [0.3, 0.4) is 0 Å². The van der Waals surface area contributed by atoms with E-state index in [1.807, 2.05) is 0 Å². The summed E-state index contributed by atoms with van der Waals surface area (Å²) in [6, 6.07) is 9.42. The normalized spacial score (nSPS) is 16.8. The van der Waals surface area contributed by atoms with Crippen LogP contribution in [0.15, 0.2) is 58.7 Å². The molecule has 0 bridgehead atoms. The van der Waals surface area contributed by atoms with Gasteiger partial charge in [0.15, 0.2) is 22.5 Å². The minimum atomic E-state index is -3.89. The number of nitrogen functional groups attached to an aromatic ring is 2.